The summed E-state index contributed by atoms with van der Waals surface area (Å²) in [7, 11) is -3.34. The summed E-state index contributed by atoms with van der Waals surface area (Å²) in [4.78, 5) is 6.72. The molecule has 0 bridgehead atoms. The van der Waals surface area contributed by atoms with E-state index >= 15 is 0 Å². The Morgan fingerprint density at radius 2 is 1.75 bits per heavy atom. The first kappa shape index (κ1) is 19.3. The van der Waals surface area contributed by atoms with E-state index in [4.69, 9.17) is 0 Å². The summed E-state index contributed by atoms with van der Waals surface area (Å²) in [5, 5.41) is 0. The highest BCUT2D eigenvalue weighted by atomic mass is 32.2. The lowest BCUT2D eigenvalue weighted by molar-refractivity contribution is 0.139. The summed E-state index contributed by atoms with van der Waals surface area (Å²) < 4.78 is 28.9. The number of nitrogens with zero attached hydrogens (tertiary/aromatic N) is 4. The minimum Gasteiger partial charge on any atom is -0.292 e. The molecule has 0 spiro atoms. The molecule has 0 amide bonds. The second-order valence-corrected chi connectivity index (χ2v) is 8.20. The van der Waals surface area contributed by atoms with Crippen molar-refractivity contribution >= 4 is 10.2 Å². The summed E-state index contributed by atoms with van der Waals surface area (Å²) in [5.74, 6) is 0. The van der Waals surface area contributed by atoms with Crippen molar-refractivity contribution in [2.75, 3.05) is 39.3 Å². The minimum atomic E-state index is -3.34. The van der Waals surface area contributed by atoms with E-state index in [0.717, 1.165) is 31.6 Å². The molecule has 6 nitrogen and oxygen atoms in total. The average molecular weight is 355 g/mol. The van der Waals surface area contributed by atoms with Crippen LogP contribution < -0.4 is 0 Å². The highest BCUT2D eigenvalue weighted by Gasteiger charge is 2.32. The van der Waals surface area contributed by atoms with E-state index in [9.17, 15) is 8.42 Å². The van der Waals surface area contributed by atoms with Crippen LogP contribution in [0.15, 0.2) is 24.4 Å². The van der Waals surface area contributed by atoms with Gasteiger partial charge in [-0.2, -0.15) is 17.0 Å². The Morgan fingerprint density at radius 1 is 1.12 bits per heavy atom. The molecule has 2 heterocycles. The first-order valence-electron chi connectivity index (χ1n) is 8.90. The zero-order valence-corrected chi connectivity index (χ0v) is 15.9. The summed E-state index contributed by atoms with van der Waals surface area (Å²) in [6.45, 7) is 9.93. The van der Waals surface area contributed by atoms with E-state index in [1.807, 2.05) is 32.0 Å². The van der Waals surface area contributed by atoms with Crippen LogP contribution >= 0.6 is 0 Å². The third-order valence-electron chi connectivity index (χ3n) is 4.54. The van der Waals surface area contributed by atoms with Crippen molar-refractivity contribution in [1.29, 1.82) is 0 Å². The van der Waals surface area contributed by atoms with E-state index in [2.05, 4.69) is 16.8 Å². The maximum Gasteiger partial charge on any atom is 0.282 e. The Kier molecular flexibility index (Phi) is 7.16. The minimum absolute atomic E-state index is 0.207. The monoisotopic (exact) mass is 354 g/mol. The van der Waals surface area contributed by atoms with Crippen LogP contribution in [0.2, 0.25) is 0 Å². The van der Waals surface area contributed by atoms with Gasteiger partial charge in [0.05, 0.1) is 5.69 Å². The van der Waals surface area contributed by atoms with Gasteiger partial charge in [-0.25, -0.2) is 0 Å². The van der Waals surface area contributed by atoms with Crippen LogP contribution in [0.4, 0.5) is 0 Å². The standard InChI is InChI=1S/C17H30N4O2S/c1-4-10-20(11-5-2)24(22,23)21-14-12-19(13-15-21)16(3)17-8-6-7-9-18-17/h6-9,16H,4-5,10-15H2,1-3H3. The summed E-state index contributed by atoms with van der Waals surface area (Å²) in [6, 6.07) is 6.14. The molecule has 1 aromatic heterocycles. The van der Waals surface area contributed by atoms with Crippen molar-refractivity contribution in [3.8, 4) is 0 Å². The molecule has 24 heavy (non-hydrogen) atoms. The Labute approximate surface area is 146 Å². The largest absolute Gasteiger partial charge is 0.292 e. The smallest absolute Gasteiger partial charge is 0.282 e. The van der Waals surface area contributed by atoms with E-state index in [1.165, 1.54) is 0 Å². The normalized spacial score (nSPS) is 18.8. The van der Waals surface area contributed by atoms with Crippen molar-refractivity contribution in [3.63, 3.8) is 0 Å². The Balaban J connectivity index is 1.98. The van der Waals surface area contributed by atoms with Crippen LogP contribution in [-0.2, 0) is 10.2 Å². The molecule has 0 radical (unpaired) electrons. The lowest BCUT2D eigenvalue weighted by Gasteiger charge is -2.39. The zero-order chi connectivity index (χ0) is 17.6. The first-order valence-corrected chi connectivity index (χ1v) is 10.3. The van der Waals surface area contributed by atoms with Crippen LogP contribution in [0.1, 0.15) is 45.3 Å². The van der Waals surface area contributed by atoms with Crippen LogP contribution in [0.5, 0.6) is 0 Å². The molecule has 1 saturated heterocycles. The summed E-state index contributed by atoms with van der Waals surface area (Å²) >= 11 is 0. The van der Waals surface area contributed by atoms with Crippen LogP contribution in [0, 0.1) is 0 Å². The number of aromatic nitrogens is 1. The third-order valence-corrected chi connectivity index (χ3v) is 6.57. The number of rotatable bonds is 8. The van der Waals surface area contributed by atoms with Gasteiger partial charge in [0, 0.05) is 51.5 Å². The summed E-state index contributed by atoms with van der Waals surface area (Å²) in [6.07, 6.45) is 3.49. The fourth-order valence-electron chi connectivity index (χ4n) is 3.14. The van der Waals surface area contributed by atoms with Crippen molar-refractivity contribution in [2.24, 2.45) is 0 Å². The second-order valence-electron chi connectivity index (χ2n) is 6.27. The molecule has 1 aliphatic heterocycles. The van der Waals surface area contributed by atoms with Crippen LogP contribution in [-0.4, -0.2) is 66.2 Å². The van der Waals surface area contributed by atoms with Gasteiger partial charge in [-0.1, -0.05) is 19.9 Å². The van der Waals surface area contributed by atoms with Gasteiger partial charge in [0.25, 0.3) is 10.2 Å². The number of pyridine rings is 1. The molecule has 0 saturated carbocycles. The predicted octanol–water partition coefficient (Wildman–Crippen LogP) is 2.13. The number of hydrogen-bond donors (Lipinski definition) is 0. The molecule has 2 rings (SSSR count). The molecule has 1 aliphatic rings. The first-order chi connectivity index (χ1) is 11.5. The van der Waals surface area contributed by atoms with Gasteiger partial charge in [-0.05, 0) is 31.9 Å². The van der Waals surface area contributed by atoms with Gasteiger partial charge in [-0.3, -0.25) is 9.88 Å². The van der Waals surface area contributed by atoms with E-state index in [1.54, 1.807) is 14.8 Å². The zero-order valence-electron chi connectivity index (χ0n) is 15.1. The van der Waals surface area contributed by atoms with E-state index in [-0.39, 0.29) is 6.04 Å². The number of hydrogen-bond acceptors (Lipinski definition) is 4. The predicted molar refractivity (Wildman–Crippen MR) is 96.9 cm³/mol. The van der Waals surface area contributed by atoms with Gasteiger partial charge in [-0.15, -0.1) is 0 Å². The van der Waals surface area contributed by atoms with Crippen molar-refractivity contribution in [2.45, 2.75) is 39.7 Å². The Bertz CT molecular complexity index is 580. The van der Waals surface area contributed by atoms with Gasteiger partial charge in [0.1, 0.15) is 0 Å². The lowest BCUT2D eigenvalue weighted by atomic mass is 10.1. The highest BCUT2D eigenvalue weighted by Crippen LogP contribution is 2.21. The molecule has 136 valence electrons. The second kappa shape index (κ2) is 8.89. The molecule has 1 fully saturated rings. The molecule has 0 aromatic carbocycles. The maximum absolute atomic E-state index is 12.8. The maximum atomic E-state index is 12.8. The molecule has 1 unspecified atom stereocenters. The van der Waals surface area contributed by atoms with Gasteiger partial charge in [0.15, 0.2) is 0 Å². The van der Waals surface area contributed by atoms with Crippen LogP contribution in [0.3, 0.4) is 0 Å². The SMILES string of the molecule is CCCN(CCC)S(=O)(=O)N1CCN(C(C)c2ccccn2)CC1. The molecule has 7 heteroatoms. The fourth-order valence-corrected chi connectivity index (χ4v) is 4.91. The van der Waals surface area contributed by atoms with Gasteiger partial charge >= 0.3 is 0 Å². The average Bonchev–Trinajstić information content (AvgIpc) is 2.62. The molecule has 1 atom stereocenters. The van der Waals surface area contributed by atoms with E-state index in [0.29, 0.717) is 26.2 Å². The van der Waals surface area contributed by atoms with Gasteiger partial charge < -0.3 is 0 Å². The van der Waals surface area contributed by atoms with Crippen molar-refractivity contribution in [1.82, 2.24) is 18.5 Å². The molecule has 1 aromatic rings. The van der Waals surface area contributed by atoms with Crippen molar-refractivity contribution in [3.05, 3.63) is 30.1 Å². The van der Waals surface area contributed by atoms with Gasteiger partial charge in [0.2, 0.25) is 0 Å². The molecular weight excluding hydrogens is 324 g/mol. The van der Waals surface area contributed by atoms with Crippen molar-refractivity contribution < 1.29 is 8.42 Å². The third kappa shape index (κ3) is 4.53. The Morgan fingerprint density at radius 3 is 2.25 bits per heavy atom. The van der Waals surface area contributed by atoms with E-state index < -0.39 is 10.2 Å². The Hall–Kier alpha value is -1.02. The fraction of sp³-hybridized carbons (Fsp3) is 0.706. The number of piperazine rings is 1. The van der Waals surface area contributed by atoms with Crippen LogP contribution in [0.25, 0.3) is 0 Å². The highest BCUT2D eigenvalue weighted by molar-refractivity contribution is 7.86. The topological polar surface area (TPSA) is 56.8 Å². The lowest BCUT2D eigenvalue weighted by Crippen LogP contribution is -2.53. The molecular formula is C17H30N4O2S. The quantitative estimate of drug-likeness (QED) is 0.718. The molecule has 0 N–H and O–H groups in total. The molecule has 0 aliphatic carbocycles. The summed E-state index contributed by atoms with van der Waals surface area (Å²) in [5.41, 5.74) is 1.03.